The molecule has 3 aromatic carbocycles. The summed E-state index contributed by atoms with van der Waals surface area (Å²) in [4.78, 5) is 23.4. The topological polar surface area (TPSA) is 318 Å². The lowest BCUT2D eigenvalue weighted by Crippen LogP contribution is -2.05. The molecule has 13 N–H and O–H groups in total. The number of nitrogens with zero attached hydrogens (tertiary/aromatic N) is 6. The summed E-state index contributed by atoms with van der Waals surface area (Å²) in [6.07, 6.45) is 5.20. The molecule has 0 saturated heterocycles. The third kappa shape index (κ3) is 14.3. The fraction of sp³-hybridized carbons (Fsp3) is 0.360. The van der Waals surface area contributed by atoms with Crippen LogP contribution in [0.5, 0.6) is 51.7 Å². The van der Waals surface area contributed by atoms with Crippen molar-refractivity contribution >= 4 is 41.4 Å². The molecule has 2 unspecified atom stereocenters. The Morgan fingerprint density at radius 1 is 0.457 bits per heavy atom. The zero-order valence-electron chi connectivity index (χ0n) is 41.3. The van der Waals surface area contributed by atoms with E-state index in [-0.39, 0.29) is 66.6 Å². The summed E-state index contributed by atoms with van der Waals surface area (Å²) < 4.78 is 39.4. The number of aliphatic hydroxyl groups is 1. The van der Waals surface area contributed by atoms with E-state index in [0.29, 0.717) is 45.8 Å². The summed E-state index contributed by atoms with van der Waals surface area (Å²) >= 11 is 0. The van der Waals surface area contributed by atoms with E-state index in [1.165, 1.54) is 18.6 Å². The number of aromatic nitrogens is 6. The van der Waals surface area contributed by atoms with Crippen LogP contribution in [0.3, 0.4) is 0 Å². The van der Waals surface area contributed by atoms with E-state index in [1.807, 2.05) is 51.1 Å². The molecule has 2 atom stereocenters. The van der Waals surface area contributed by atoms with Gasteiger partial charge >= 0.3 is 0 Å². The SMILES string of the molecule is C.C=Cc1cc(Oc2cnc(N)nc2N)c(C(C)C)cc1OC.COc1cc(C(C)C)c(Oc2cnc(N)nc2N)cc1C(C)O.COc1cc(C(C)C)c(Oc2cnc(N)nc2N)cc1C(C)OC. The maximum atomic E-state index is 9.95. The molecule has 0 aliphatic rings. The maximum absolute atomic E-state index is 9.95. The second-order valence-corrected chi connectivity index (χ2v) is 16.4. The molecule has 0 bridgehead atoms. The standard InChI is InChI=1S/C17H24N4O3.C16H22N4O3.C16H20N4O2.CH4/c1-9(2)11-6-13(23-5)12(10(3)22-4)7-14(11)24-15-8-20-17(19)21-16(15)18;1-8(2)10-5-12(22-4)11(9(3)21)6-13(10)23-14-7-19-16(18)20-15(14)17;1-5-10-6-13(11(9(2)3)7-12(10)21-4)22-14-8-19-16(18)20-15(14)17;/h6-10H,1-5H3,(H4,18,19,20,21);5-9,21H,1-4H3,(H4,17,18,19,20);5-9H,1H2,2-4H3,(H4,17,18,19,20);1H4. The summed E-state index contributed by atoms with van der Waals surface area (Å²) in [5.74, 6) is 6.47. The zero-order valence-corrected chi connectivity index (χ0v) is 41.3. The van der Waals surface area contributed by atoms with E-state index in [2.05, 4.69) is 64.2 Å². The summed E-state index contributed by atoms with van der Waals surface area (Å²) in [6, 6.07) is 11.3. The molecule has 0 aliphatic heterocycles. The van der Waals surface area contributed by atoms with Crippen LogP contribution in [0.15, 0.2) is 61.6 Å². The Hall–Kier alpha value is -7.84. The predicted octanol–water partition coefficient (Wildman–Crippen LogP) is 9.74. The van der Waals surface area contributed by atoms with Gasteiger partial charge in [0, 0.05) is 40.5 Å². The first-order valence-electron chi connectivity index (χ1n) is 21.8. The van der Waals surface area contributed by atoms with E-state index in [0.717, 1.165) is 39.3 Å². The lowest BCUT2D eigenvalue weighted by Gasteiger charge is -2.20. The Balaban J connectivity index is 0.000000276. The van der Waals surface area contributed by atoms with Gasteiger partial charge in [-0.05, 0) is 68.0 Å². The molecule has 3 aromatic heterocycles. The monoisotopic (exact) mass is 967 g/mol. The minimum absolute atomic E-state index is 0. The molecule has 0 spiro atoms. The first kappa shape index (κ1) is 56.5. The number of benzene rings is 3. The number of nitrogens with two attached hydrogens (primary N) is 6. The Morgan fingerprint density at radius 3 is 1.07 bits per heavy atom. The van der Waals surface area contributed by atoms with Gasteiger partial charge in [0.05, 0.1) is 52.1 Å². The van der Waals surface area contributed by atoms with Crippen LogP contribution >= 0.6 is 0 Å². The molecule has 70 heavy (non-hydrogen) atoms. The number of anilines is 6. The van der Waals surface area contributed by atoms with Gasteiger partial charge in [0.15, 0.2) is 34.7 Å². The van der Waals surface area contributed by atoms with E-state index in [9.17, 15) is 5.11 Å². The molecule has 0 fully saturated rings. The van der Waals surface area contributed by atoms with Gasteiger partial charge < -0.3 is 72.7 Å². The molecular formula is C50H70N12O8. The fourth-order valence-electron chi connectivity index (χ4n) is 6.64. The van der Waals surface area contributed by atoms with E-state index in [1.54, 1.807) is 47.5 Å². The molecule has 20 nitrogen and oxygen atoms in total. The molecule has 0 aliphatic carbocycles. The van der Waals surface area contributed by atoms with Gasteiger partial charge in [0.25, 0.3) is 0 Å². The number of aliphatic hydroxyl groups excluding tert-OH is 1. The van der Waals surface area contributed by atoms with Crippen LogP contribution in [0.1, 0.15) is 126 Å². The van der Waals surface area contributed by atoms with Crippen LogP contribution in [0.4, 0.5) is 35.3 Å². The van der Waals surface area contributed by atoms with Crippen LogP contribution in [0.25, 0.3) is 6.08 Å². The van der Waals surface area contributed by atoms with Crippen LogP contribution in [0, 0.1) is 0 Å². The third-order valence-electron chi connectivity index (χ3n) is 10.5. The number of rotatable bonds is 16. The average Bonchev–Trinajstić information content (AvgIpc) is 3.31. The second kappa shape index (κ2) is 25.5. The van der Waals surface area contributed by atoms with E-state index >= 15 is 0 Å². The van der Waals surface area contributed by atoms with Gasteiger partial charge in [-0.1, -0.05) is 61.6 Å². The maximum Gasteiger partial charge on any atom is 0.222 e. The highest BCUT2D eigenvalue weighted by atomic mass is 16.5. The lowest BCUT2D eigenvalue weighted by atomic mass is 9.97. The van der Waals surface area contributed by atoms with Crippen molar-refractivity contribution in [1.82, 2.24) is 29.9 Å². The van der Waals surface area contributed by atoms with Crippen molar-refractivity contribution < 1.29 is 38.3 Å². The summed E-state index contributed by atoms with van der Waals surface area (Å²) in [6.45, 7) is 19.7. The molecule has 0 saturated carbocycles. The number of hydrogen-bond donors (Lipinski definition) is 7. The van der Waals surface area contributed by atoms with Crippen LogP contribution in [0.2, 0.25) is 0 Å². The van der Waals surface area contributed by atoms with E-state index < -0.39 is 6.10 Å². The Kier molecular flexibility index (Phi) is 20.6. The Morgan fingerprint density at radius 2 is 0.771 bits per heavy atom. The van der Waals surface area contributed by atoms with Crippen LogP contribution < -0.4 is 62.8 Å². The van der Waals surface area contributed by atoms with Gasteiger partial charge in [-0.25, -0.2) is 15.0 Å². The molecule has 378 valence electrons. The van der Waals surface area contributed by atoms with Crippen molar-refractivity contribution in [3.8, 4) is 51.7 Å². The highest BCUT2D eigenvalue weighted by molar-refractivity contribution is 5.62. The second-order valence-electron chi connectivity index (χ2n) is 16.4. The van der Waals surface area contributed by atoms with Crippen LogP contribution in [-0.4, -0.2) is 63.4 Å². The zero-order chi connectivity index (χ0) is 51.3. The van der Waals surface area contributed by atoms with Crippen molar-refractivity contribution in [3.05, 3.63) is 94.9 Å². The Labute approximate surface area is 410 Å². The van der Waals surface area contributed by atoms with Crippen molar-refractivity contribution in [1.29, 1.82) is 0 Å². The van der Waals surface area contributed by atoms with E-state index in [4.69, 9.17) is 67.6 Å². The summed E-state index contributed by atoms with van der Waals surface area (Å²) in [5.41, 5.74) is 39.3. The lowest BCUT2D eigenvalue weighted by molar-refractivity contribution is 0.116. The quantitative estimate of drug-likeness (QED) is 0.0474. The van der Waals surface area contributed by atoms with Crippen molar-refractivity contribution in [3.63, 3.8) is 0 Å². The third-order valence-corrected chi connectivity index (χ3v) is 10.5. The molecule has 0 amide bonds. The predicted molar refractivity (Wildman–Crippen MR) is 277 cm³/mol. The van der Waals surface area contributed by atoms with Crippen molar-refractivity contribution in [2.75, 3.05) is 62.8 Å². The fourth-order valence-corrected chi connectivity index (χ4v) is 6.64. The summed E-state index contributed by atoms with van der Waals surface area (Å²) in [7, 11) is 6.47. The van der Waals surface area contributed by atoms with Crippen molar-refractivity contribution in [2.24, 2.45) is 0 Å². The smallest absolute Gasteiger partial charge is 0.222 e. The van der Waals surface area contributed by atoms with Gasteiger partial charge in [0.1, 0.15) is 34.5 Å². The molecule has 0 radical (unpaired) electrons. The van der Waals surface area contributed by atoms with Gasteiger partial charge in [-0.3, -0.25) is 0 Å². The van der Waals surface area contributed by atoms with Crippen LogP contribution in [-0.2, 0) is 4.74 Å². The number of nitrogen functional groups attached to an aromatic ring is 6. The first-order valence-corrected chi connectivity index (χ1v) is 21.8. The highest BCUT2D eigenvalue weighted by Gasteiger charge is 2.21. The summed E-state index contributed by atoms with van der Waals surface area (Å²) in [5, 5.41) is 9.95. The normalized spacial score (nSPS) is 11.5. The number of ether oxygens (including phenoxy) is 7. The molecule has 3 heterocycles. The first-order chi connectivity index (χ1) is 32.7. The van der Waals surface area contributed by atoms with Crippen molar-refractivity contribution in [2.45, 2.75) is 92.8 Å². The van der Waals surface area contributed by atoms with Gasteiger partial charge in [0.2, 0.25) is 17.8 Å². The minimum atomic E-state index is -0.700. The molecule has 20 heteroatoms. The molecular weight excluding hydrogens is 897 g/mol. The van der Waals surface area contributed by atoms with Gasteiger partial charge in [-0.15, -0.1) is 0 Å². The molecule has 6 rings (SSSR count). The average molecular weight is 967 g/mol. The van der Waals surface area contributed by atoms with Gasteiger partial charge in [-0.2, -0.15) is 15.0 Å². The minimum Gasteiger partial charge on any atom is -0.496 e. The molecule has 6 aromatic rings. The Bertz CT molecular complexity index is 2700. The number of methoxy groups -OCH3 is 4. The largest absolute Gasteiger partial charge is 0.496 e. The number of hydrogen-bond acceptors (Lipinski definition) is 20. The highest BCUT2D eigenvalue weighted by Crippen LogP contribution is 2.42.